The minimum absolute atomic E-state index is 0.191. The largest absolute Gasteiger partial charge is 0.465 e. The van der Waals surface area contributed by atoms with Gasteiger partial charge in [-0.25, -0.2) is 23.4 Å². The number of carbonyl (C=O) groups excluding carboxylic acids is 2. The number of halogens is 5. The highest BCUT2D eigenvalue weighted by Gasteiger charge is 2.44. The van der Waals surface area contributed by atoms with Crippen molar-refractivity contribution in [1.82, 2.24) is 4.98 Å². The number of rotatable bonds is 7. The van der Waals surface area contributed by atoms with E-state index in [1.54, 1.807) is 13.8 Å². The lowest BCUT2D eigenvalue weighted by atomic mass is 9.84. The number of ether oxygens (including phenoxy) is 2. The number of nitrogens with zero attached hydrogens (tertiary/aromatic N) is 1. The molecule has 27 heavy (non-hydrogen) atoms. The van der Waals surface area contributed by atoms with Crippen molar-refractivity contribution < 1.29 is 41.0 Å². The van der Waals surface area contributed by atoms with Crippen LogP contribution >= 0.6 is 0 Å². The second-order valence-corrected chi connectivity index (χ2v) is 5.53. The van der Waals surface area contributed by atoms with Gasteiger partial charge < -0.3 is 9.47 Å². The molecular weight excluding hydrogens is 377 g/mol. The van der Waals surface area contributed by atoms with E-state index in [9.17, 15) is 31.5 Å². The first-order valence-electron chi connectivity index (χ1n) is 8.23. The second kappa shape index (κ2) is 9.09. The number of carbonyl (C=O) groups is 2. The quantitative estimate of drug-likeness (QED) is 0.483. The molecule has 0 saturated carbocycles. The summed E-state index contributed by atoms with van der Waals surface area (Å²) in [6.45, 7) is 4.33. The van der Waals surface area contributed by atoms with Crippen LogP contribution in [0.4, 0.5) is 22.0 Å². The average Bonchev–Trinajstić information content (AvgIpc) is 2.60. The Bertz CT molecular complexity index is 700. The SMILES string of the molecule is CCOC(=O)c1c(C(F)(F)F)nc(C(F)F)c(C(=O)OC)c1C(CC)CC. The minimum Gasteiger partial charge on any atom is -0.465 e. The molecular formula is C17H20F5NO4. The molecule has 0 amide bonds. The molecule has 0 saturated heterocycles. The summed E-state index contributed by atoms with van der Waals surface area (Å²) >= 11 is 0. The topological polar surface area (TPSA) is 65.5 Å². The zero-order valence-electron chi connectivity index (χ0n) is 15.2. The number of hydrogen-bond donors (Lipinski definition) is 0. The third kappa shape index (κ3) is 4.72. The monoisotopic (exact) mass is 397 g/mol. The molecule has 0 bridgehead atoms. The maximum absolute atomic E-state index is 13.5. The Balaban J connectivity index is 4.16. The van der Waals surface area contributed by atoms with Crippen molar-refractivity contribution in [2.24, 2.45) is 0 Å². The van der Waals surface area contributed by atoms with Crippen LogP contribution in [0.2, 0.25) is 0 Å². The lowest BCUT2D eigenvalue weighted by molar-refractivity contribution is -0.142. The molecule has 0 unspecified atom stereocenters. The molecule has 1 aromatic rings. The molecule has 10 heteroatoms. The Kier molecular flexibility index (Phi) is 7.67. The van der Waals surface area contributed by atoms with Gasteiger partial charge in [-0.15, -0.1) is 0 Å². The Morgan fingerprint density at radius 1 is 1.04 bits per heavy atom. The van der Waals surface area contributed by atoms with Crippen LogP contribution in [0.5, 0.6) is 0 Å². The van der Waals surface area contributed by atoms with E-state index in [0.29, 0.717) is 0 Å². The van der Waals surface area contributed by atoms with Crippen molar-refractivity contribution in [2.75, 3.05) is 13.7 Å². The molecule has 1 rings (SSSR count). The number of aromatic nitrogens is 1. The van der Waals surface area contributed by atoms with Gasteiger partial charge in [0.05, 0.1) is 24.8 Å². The van der Waals surface area contributed by atoms with E-state index >= 15 is 0 Å². The predicted molar refractivity (Wildman–Crippen MR) is 84.8 cm³/mol. The summed E-state index contributed by atoms with van der Waals surface area (Å²) in [6.07, 6.45) is -8.31. The van der Waals surface area contributed by atoms with Crippen LogP contribution in [-0.4, -0.2) is 30.6 Å². The van der Waals surface area contributed by atoms with Crippen LogP contribution in [0, 0.1) is 0 Å². The third-order valence-corrected chi connectivity index (χ3v) is 4.00. The third-order valence-electron chi connectivity index (χ3n) is 4.00. The average molecular weight is 397 g/mol. The number of alkyl halides is 5. The highest BCUT2D eigenvalue weighted by atomic mass is 19.4. The van der Waals surface area contributed by atoms with E-state index in [1.165, 1.54) is 6.92 Å². The van der Waals surface area contributed by atoms with Crippen molar-refractivity contribution in [3.05, 3.63) is 28.1 Å². The van der Waals surface area contributed by atoms with Crippen LogP contribution in [0.3, 0.4) is 0 Å². The zero-order chi connectivity index (χ0) is 20.9. The van der Waals surface area contributed by atoms with Crippen LogP contribution in [-0.2, 0) is 15.7 Å². The van der Waals surface area contributed by atoms with E-state index in [2.05, 4.69) is 9.72 Å². The van der Waals surface area contributed by atoms with Crippen molar-refractivity contribution in [3.8, 4) is 0 Å². The van der Waals surface area contributed by atoms with Gasteiger partial charge >= 0.3 is 18.1 Å². The van der Waals surface area contributed by atoms with Gasteiger partial charge in [-0.2, -0.15) is 13.2 Å². The van der Waals surface area contributed by atoms with Crippen LogP contribution in [0.15, 0.2) is 0 Å². The Morgan fingerprint density at radius 2 is 1.59 bits per heavy atom. The molecule has 0 atom stereocenters. The molecule has 0 aliphatic heterocycles. The molecule has 0 radical (unpaired) electrons. The van der Waals surface area contributed by atoms with Gasteiger partial charge in [0.2, 0.25) is 0 Å². The van der Waals surface area contributed by atoms with E-state index < -0.39 is 58.5 Å². The number of hydrogen-bond acceptors (Lipinski definition) is 5. The molecule has 1 aromatic heterocycles. The number of methoxy groups -OCH3 is 1. The molecule has 5 nitrogen and oxygen atoms in total. The van der Waals surface area contributed by atoms with Gasteiger partial charge in [0.15, 0.2) is 5.69 Å². The maximum Gasteiger partial charge on any atom is 0.434 e. The van der Waals surface area contributed by atoms with E-state index in [4.69, 9.17) is 4.74 Å². The number of pyridine rings is 1. The van der Waals surface area contributed by atoms with Gasteiger partial charge in [0, 0.05) is 0 Å². The standard InChI is InChI=1S/C17H20F5NO4/c1-5-8(6-2)9-10(15(24)26-4)12(14(18)19)23-13(17(20,21)22)11(9)16(25)27-7-3/h8,14H,5-7H2,1-4H3. The van der Waals surface area contributed by atoms with Crippen molar-refractivity contribution in [2.45, 2.75) is 52.1 Å². The molecule has 0 fully saturated rings. The summed E-state index contributed by atoms with van der Waals surface area (Å²) in [7, 11) is 0.899. The lowest BCUT2D eigenvalue weighted by Gasteiger charge is -2.24. The highest BCUT2D eigenvalue weighted by molar-refractivity contribution is 6.00. The molecule has 0 N–H and O–H groups in total. The maximum atomic E-state index is 13.5. The zero-order valence-corrected chi connectivity index (χ0v) is 15.2. The van der Waals surface area contributed by atoms with Gasteiger partial charge in [0.25, 0.3) is 6.43 Å². The second-order valence-electron chi connectivity index (χ2n) is 5.53. The van der Waals surface area contributed by atoms with Crippen LogP contribution < -0.4 is 0 Å². The molecule has 0 aliphatic carbocycles. The summed E-state index contributed by atoms with van der Waals surface area (Å²) in [5.41, 5.74) is -5.49. The number of esters is 2. The minimum atomic E-state index is -5.21. The molecule has 1 heterocycles. The van der Waals surface area contributed by atoms with E-state index in [1.807, 2.05) is 0 Å². The van der Waals surface area contributed by atoms with Crippen LogP contribution in [0.1, 0.15) is 83.6 Å². The summed E-state index contributed by atoms with van der Waals surface area (Å²) in [6, 6.07) is 0. The fraction of sp³-hybridized carbons (Fsp3) is 0.588. The Hall–Kier alpha value is -2.26. The van der Waals surface area contributed by atoms with Gasteiger partial charge in [-0.05, 0) is 31.2 Å². The summed E-state index contributed by atoms with van der Waals surface area (Å²) in [5.74, 6) is -3.47. The summed E-state index contributed by atoms with van der Waals surface area (Å²) in [4.78, 5) is 27.4. The molecule has 152 valence electrons. The highest BCUT2D eigenvalue weighted by Crippen LogP contribution is 2.41. The van der Waals surface area contributed by atoms with E-state index in [0.717, 1.165) is 7.11 Å². The van der Waals surface area contributed by atoms with Crippen molar-refractivity contribution >= 4 is 11.9 Å². The van der Waals surface area contributed by atoms with Crippen molar-refractivity contribution in [1.29, 1.82) is 0 Å². The van der Waals surface area contributed by atoms with Gasteiger partial charge in [-0.3, -0.25) is 0 Å². The van der Waals surface area contributed by atoms with Crippen molar-refractivity contribution in [3.63, 3.8) is 0 Å². The Morgan fingerprint density at radius 3 is 1.96 bits per heavy atom. The first-order chi connectivity index (χ1) is 12.5. The predicted octanol–water partition coefficient (Wildman–Crippen LogP) is 4.90. The molecule has 0 spiro atoms. The fourth-order valence-corrected chi connectivity index (χ4v) is 2.82. The van der Waals surface area contributed by atoms with Gasteiger partial charge in [0.1, 0.15) is 5.69 Å². The summed E-state index contributed by atoms with van der Waals surface area (Å²) in [5, 5.41) is 0. The molecule has 0 aromatic carbocycles. The van der Waals surface area contributed by atoms with Gasteiger partial charge in [-0.1, -0.05) is 13.8 Å². The lowest BCUT2D eigenvalue weighted by Crippen LogP contribution is -2.26. The Labute approximate surface area is 152 Å². The normalized spacial score (nSPS) is 11.8. The smallest absolute Gasteiger partial charge is 0.434 e. The molecule has 0 aliphatic rings. The van der Waals surface area contributed by atoms with E-state index in [-0.39, 0.29) is 19.4 Å². The summed E-state index contributed by atoms with van der Waals surface area (Å²) < 4.78 is 76.7. The fourth-order valence-electron chi connectivity index (χ4n) is 2.82. The first-order valence-corrected chi connectivity index (χ1v) is 8.23. The van der Waals surface area contributed by atoms with Crippen LogP contribution in [0.25, 0.3) is 0 Å². The first kappa shape index (κ1) is 22.8.